The molecular formula is C22H19ClN2O3. The number of amides is 2. The summed E-state index contributed by atoms with van der Waals surface area (Å²) in [6.45, 7) is 1.89. The number of ether oxygens (including phenoxy) is 1. The fourth-order valence-corrected chi connectivity index (χ4v) is 2.73. The van der Waals surface area contributed by atoms with Crippen LogP contribution in [0.5, 0.6) is 5.75 Å². The van der Waals surface area contributed by atoms with Gasteiger partial charge in [0.2, 0.25) is 0 Å². The summed E-state index contributed by atoms with van der Waals surface area (Å²) in [5, 5.41) is 6.16. The Morgan fingerprint density at radius 1 is 0.821 bits per heavy atom. The molecule has 3 rings (SSSR count). The Morgan fingerprint density at radius 3 is 1.96 bits per heavy atom. The summed E-state index contributed by atoms with van der Waals surface area (Å²) >= 11 is 6.09. The summed E-state index contributed by atoms with van der Waals surface area (Å²) in [5.41, 5.74) is 2.91. The van der Waals surface area contributed by atoms with Gasteiger partial charge in [-0.05, 0) is 67.1 Å². The molecule has 6 heteroatoms. The molecule has 0 saturated carbocycles. The second-order valence-electron chi connectivity index (χ2n) is 6.18. The van der Waals surface area contributed by atoms with Crippen molar-refractivity contribution >= 4 is 34.8 Å². The predicted molar refractivity (Wildman–Crippen MR) is 112 cm³/mol. The number of carbonyl (C=O) groups is 2. The van der Waals surface area contributed by atoms with Crippen LogP contribution in [0, 0.1) is 6.92 Å². The van der Waals surface area contributed by atoms with Crippen LogP contribution in [0.3, 0.4) is 0 Å². The van der Waals surface area contributed by atoms with Crippen LogP contribution in [0.15, 0.2) is 66.7 Å². The van der Waals surface area contributed by atoms with Gasteiger partial charge in [0.25, 0.3) is 11.8 Å². The number of halogens is 1. The first-order valence-electron chi connectivity index (χ1n) is 8.59. The lowest BCUT2D eigenvalue weighted by Gasteiger charge is -2.09. The average molecular weight is 395 g/mol. The van der Waals surface area contributed by atoms with Gasteiger partial charge in [0, 0.05) is 27.5 Å². The maximum Gasteiger partial charge on any atom is 0.255 e. The lowest BCUT2D eigenvalue weighted by atomic mass is 10.1. The molecule has 0 aromatic heterocycles. The Hall–Kier alpha value is -3.31. The summed E-state index contributed by atoms with van der Waals surface area (Å²) < 4.78 is 5.10. The Morgan fingerprint density at radius 2 is 1.39 bits per heavy atom. The molecule has 0 radical (unpaired) electrons. The highest BCUT2D eigenvalue weighted by Crippen LogP contribution is 2.21. The van der Waals surface area contributed by atoms with Crippen LogP contribution < -0.4 is 15.4 Å². The van der Waals surface area contributed by atoms with E-state index in [0.717, 1.165) is 5.56 Å². The van der Waals surface area contributed by atoms with Gasteiger partial charge < -0.3 is 15.4 Å². The van der Waals surface area contributed by atoms with Crippen molar-refractivity contribution in [2.45, 2.75) is 6.92 Å². The number of aryl methyl sites for hydroxylation is 1. The quantitative estimate of drug-likeness (QED) is 0.628. The standard InChI is InChI=1S/C22H19ClN2O3/c1-14-6-7-18(13-20(14)23)25-22(27)16-5-3-4-15(12-16)21(26)24-17-8-10-19(28-2)11-9-17/h3-13H,1-2H3,(H,24,26)(H,25,27). The molecule has 28 heavy (non-hydrogen) atoms. The third-order valence-electron chi connectivity index (χ3n) is 4.16. The summed E-state index contributed by atoms with van der Waals surface area (Å²) in [6.07, 6.45) is 0. The molecule has 2 N–H and O–H groups in total. The van der Waals surface area contributed by atoms with Crippen molar-refractivity contribution in [2.75, 3.05) is 17.7 Å². The van der Waals surface area contributed by atoms with Gasteiger partial charge in [-0.2, -0.15) is 0 Å². The molecule has 0 saturated heterocycles. The number of hydrogen-bond acceptors (Lipinski definition) is 3. The monoisotopic (exact) mass is 394 g/mol. The van der Waals surface area contributed by atoms with Crippen molar-refractivity contribution < 1.29 is 14.3 Å². The lowest BCUT2D eigenvalue weighted by molar-refractivity contribution is 0.102. The first-order valence-corrected chi connectivity index (χ1v) is 8.97. The fraction of sp³-hybridized carbons (Fsp3) is 0.0909. The SMILES string of the molecule is COc1ccc(NC(=O)c2cccc(C(=O)Nc3ccc(C)c(Cl)c3)c2)cc1. The smallest absolute Gasteiger partial charge is 0.255 e. The Bertz CT molecular complexity index is 1020. The molecule has 3 aromatic rings. The maximum absolute atomic E-state index is 12.5. The number of rotatable bonds is 5. The number of hydrogen-bond donors (Lipinski definition) is 2. The van der Waals surface area contributed by atoms with E-state index in [9.17, 15) is 9.59 Å². The van der Waals surface area contributed by atoms with E-state index in [1.54, 1.807) is 67.8 Å². The molecule has 0 aliphatic rings. The van der Waals surface area contributed by atoms with Crippen molar-refractivity contribution in [2.24, 2.45) is 0 Å². The van der Waals surface area contributed by atoms with Gasteiger partial charge in [0.1, 0.15) is 5.75 Å². The largest absolute Gasteiger partial charge is 0.497 e. The van der Waals surface area contributed by atoms with Crippen LogP contribution >= 0.6 is 11.6 Å². The number of anilines is 2. The molecule has 2 amide bonds. The molecule has 0 heterocycles. The molecule has 0 unspecified atom stereocenters. The zero-order valence-corrected chi connectivity index (χ0v) is 16.2. The molecule has 142 valence electrons. The first-order chi connectivity index (χ1) is 13.5. The van der Waals surface area contributed by atoms with Crippen molar-refractivity contribution in [1.29, 1.82) is 0 Å². The Balaban J connectivity index is 1.72. The summed E-state index contributed by atoms with van der Waals surface area (Å²) in [5.74, 6) is 0.0742. The molecule has 0 spiro atoms. The highest BCUT2D eigenvalue weighted by Gasteiger charge is 2.12. The lowest BCUT2D eigenvalue weighted by Crippen LogP contribution is -2.15. The predicted octanol–water partition coefficient (Wildman–Crippen LogP) is 5.16. The minimum absolute atomic E-state index is 0.307. The van der Waals surface area contributed by atoms with E-state index in [1.807, 2.05) is 13.0 Å². The van der Waals surface area contributed by atoms with E-state index in [-0.39, 0.29) is 11.8 Å². The van der Waals surface area contributed by atoms with Gasteiger partial charge in [-0.1, -0.05) is 23.7 Å². The van der Waals surface area contributed by atoms with Gasteiger partial charge in [-0.25, -0.2) is 0 Å². The minimum atomic E-state index is -0.320. The zero-order valence-electron chi connectivity index (χ0n) is 15.5. The van der Waals surface area contributed by atoms with Gasteiger partial charge in [-0.3, -0.25) is 9.59 Å². The average Bonchev–Trinajstić information content (AvgIpc) is 2.71. The van der Waals surface area contributed by atoms with Crippen LogP contribution in [-0.4, -0.2) is 18.9 Å². The third-order valence-corrected chi connectivity index (χ3v) is 4.57. The molecular weight excluding hydrogens is 376 g/mol. The van der Waals surface area contributed by atoms with E-state index in [4.69, 9.17) is 16.3 Å². The molecule has 0 aliphatic carbocycles. The van der Waals surface area contributed by atoms with Crippen LogP contribution in [0.1, 0.15) is 26.3 Å². The fourth-order valence-electron chi connectivity index (χ4n) is 2.55. The van der Waals surface area contributed by atoms with Crippen LogP contribution in [0.25, 0.3) is 0 Å². The molecule has 0 atom stereocenters. The van der Waals surface area contributed by atoms with Gasteiger partial charge >= 0.3 is 0 Å². The number of carbonyl (C=O) groups excluding carboxylic acids is 2. The number of nitrogens with one attached hydrogen (secondary N) is 2. The van der Waals surface area contributed by atoms with Gasteiger partial charge in [0.15, 0.2) is 0 Å². The summed E-state index contributed by atoms with van der Waals surface area (Å²) in [4.78, 5) is 25.0. The van der Waals surface area contributed by atoms with Crippen LogP contribution in [0.4, 0.5) is 11.4 Å². The van der Waals surface area contributed by atoms with Gasteiger partial charge in [0.05, 0.1) is 7.11 Å². The van der Waals surface area contributed by atoms with Crippen molar-refractivity contribution in [3.05, 3.63) is 88.4 Å². The van der Waals surface area contributed by atoms with E-state index in [2.05, 4.69) is 10.6 Å². The highest BCUT2D eigenvalue weighted by atomic mass is 35.5. The molecule has 3 aromatic carbocycles. The Labute approximate surface area is 168 Å². The third kappa shape index (κ3) is 4.69. The van der Waals surface area contributed by atoms with E-state index in [0.29, 0.717) is 33.3 Å². The summed E-state index contributed by atoms with van der Waals surface area (Å²) in [7, 11) is 1.58. The van der Waals surface area contributed by atoms with Crippen molar-refractivity contribution in [1.82, 2.24) is 0 Å². The summed E-state index contributed by atoms with van der Waals surface area (Å²) in [6, 6.07) is 18.8. The van der Waals surface area contributed by atoms with Crippen LogP contribution in [0.2, 0.25) is 5.02 Å². The zero-order chi connectivity index (χ0) is 20.1. The molecule has 0 aliphatic heterocycles. The Kier molecular flexibility index (Phi) is 5.96. The van der Waals surface area contributed by atoms with Gasteiger partial charge in [-0.15, -0.1) is 0 Å². The van der Waals surface area contributed by atoms with Crippen LogP contribution in [-0.2, 0) is 0 Å². The van der Waals surface area contributed by atoms with Crippen molar-refractivity contribution in [3.63, 3.8) is 0 Å². The molecule has 0 fully saturated rings. The first kappa shape index (κ1) is 19.5. The number of benzene rings is 3. The second-order valence-corrected chi connectivity index (χ2v) is 6.59. The minimum Gasteiger partial charge on any atom is -0.497 e. The van der Waals surface area contributed by atoms with E-state index < -0.39 is 0 Å². The van der Waals surface area contributed by atoms with E-state index in [1.165, 1.54) is 0 Å². The van der Waals surface area contributed by atoms with Crippen molar-refractivity contribution in [3.8, 4) is 5.75 Å². The van der Waals surface area contributed by atoms with E-state index >= 15 is 0 Å². The second kappa shape index (κ2) is 8.59. The molecule has 0 bridgehead atoms. The highest BCUT2D eigenvalue weighted by molar-refractivity contribution is 6.31. The topological polar surface area (TPSA) is 67.4 Å². The maximum atomic E-state index is 12.5. The normalized spacial score (nSPS) is 10.2. The molecule has 5 nitrogen and oxygen atoms in total. The number of methoxy groups -OCH3 is 1.